The highest BCUT2D eigenvalue weighted by atomic mass is 16.5. The Kier molecular flexibility index (Phi) is 10.4. The molecule has 0 unspecified atom stereocenters. The van der Waals surface area contributed by atoms with Crippen LogP contribution in [0.3, 0.4) is 0 Å². The smallest absolute Gasteiger partial charge is 0.326 e. The largest absolute Gasteiger partial charge is 0.333 e. The molecular weight excluding hydrogens is 476 g/mol. The summed E-state index contributed by atoms with van der Waals surface area (Å²) in [7, 11) is 0. The molecule has 0 saturated heterocycles. The van der Waals surface area contributed by atoms with Crippen molar-refractivity contribution in [1.82, 2.24) is 21.0 Å². The summed E-state index contributed by atoms with van der Waals surface area (Å²) >= 11 is 0. The van der Waals surface area contributed by atoms with Gasteiger partial charge >= 0.3 is 12.1 Å². The Morgan fingerprint density at radius 2 is 1.05 bits per heavy atom. The Morgan fingerprint density at radius 3 is 1.51 bits per heavy atom. The van der Waals surface area contributed by atoms with Gasteiger partial charge in [0.25, 0.3) is 0 Å². The molecule has 3 rings (SSSR count). The number of urea groups is 2. The van der Waals surface area contributed by atoms with Crippen molar-refractivity contribution in [2.45, 2.75) is 39.3 Å². The number of nitrogens with one attached hydrogen (secondary N) is 3. The molecule has 37 heavy (non-hydrogen) atoms. The van der Waals surface area contributed by atoms with Gasteiger partial charge in [0, 0.05) is 19.6 Å². The van der Waals surface area contributed by atoms with Crippen LogP contribution in [0, 0.1) is 9.81 Å². The minimum Gasteiger partial charge on any atom is -0.333 e. The third-order valence-corrected chi connectivity index (χ3v) is 5.47. The zero-order valence-corrected chi connectivity index (χ0v) is 20.1. The summed E-state index contributed by atoms with van der Waals surface area (Å²) in [5, 5.41) is 20.3. The first-order valence-corrected chi connectivity index (χ1v) is 11.5. The van der Waals surface area contributed by atoms with Crippen molar-refractivity contribution in [3.8, 4) is 0 Å². The Morgan fingerprint density at radius 1 is 0.649 bits per heavy atom. The van der Waals surface area contributed by atoms with Crippen LogP contribution in [0.4, 0.5) is 9.59 Å². The van der Waals surface area contributed by atoms with Crippen LogP contribution in [0.25, 0.3) is 0 Å². The van der Waals surface area contributed by atoms with E-state index in [2.05, 4.69) is 26.5 Å². The molecule has 11 nitrogen and oxygen atoms in total. The number of amides is 4. The second-order valence-electron chi connectivity index (χ2n) is 8.27. The quantitative estimate of drug-likeness (QED) is 0.213. The van der Waals surface area contributed by atoms with E-state index in [1.54, 1.807) is 72.8 Å². The van der Waals surface area contributed by atoms with Gasteiger partial charge in [0.15, 0.2) is 0 Å². The highest BCUT2D eigenvalue weighted by Crippen LogP contribution is 2.12. The number of hydrogen-bond donors (Lipinski definition) is 4. The number of hydrogen-bond acceptors (Lipinski definition) is 8. The summed E-state index contributed by atoms with van der Waals surface area (Å²) in [5.74, 6) is 0. The third kappa shape index (κ3) is 8.60. The van der Waals surface area contributed by atoms with Gasteiger partial charge in [0.1, 0.15) is 13.1 Å². The first kappa shape index (κ1) is 27.1. The van der Waals surface area contributed by atoms with Gasteiger partial charge in [0.2, 0.25) is 0 Å². The Hall–Kier alpha value is -4.48. The summed E-state index contributed by atoms with van der Waals surface area (Å²) < 4.78 is 0. The molecule has 0 aliphatic carbocycles. The monoisotopic (exact) mass is 504 g/mol. The molecule has 4 amide bonds. The van der Waals surface area contributed by atoms with E-state index in [0.29, 0.717) is 5.56 Å². The maximum atomic E-state index is 13.1. The fourth-order valence-corrected chi connectivity index (χ4v) is 3.72. The molecule has 3 aromatic carbocycles. The lowest BCUT2D eigenvalue weighted by Gasteiger charge is -2.22. The van der Waals surface area contributed by atoms with Crippen LogP contribution in [0.1, 0.15) is 33.4 Å². The predicted octanol–water partition coefficient (Wildman–Crippen LogP) is 4.32. The molecule has 0 fully saturated rings. The van der Waals surface area contributed by atoms with Gasteiger partial charge in [-0.15, -0.1) is 0 Å². The summed E-state index contributed by atoms with van der Waals surface area (Å²) in [5.41, 5.74) is 6.51. The lowest BCUT2D eigenvalue weighted by molar-refractivity contribution is 0.161. The second-order valence-corrected chi connectivity index (χ2v) is 8.27. The van der Waals surface area contributed by atoms with E-state index in [1.807, 2.05) is 0 Å². The molecule has 0 bridgehead atoms. The van der Waals surface area contributed by atoms with Gasteiger partial charge in [0.05, 0.1) is 6.54 Å². The first-order chi connectivity index (χ1) is 18.0. The summed E-state index contributed by atoms with van der Waals surface area (Å²) in [4.78, 5) is 48.4. The highest BCUT2D eigenvalue weighted by Gasteiger charge is 2.22. The topological polar surface area (TPSA) is 153 Å². The Balaban J connectivity index is 1.73. The lowest BCUT2D eigenvalue weighted by atomic mass is 10.1. The maximum absolute atomic E-state index is 13.1. The zero-order valence-electron chi connectivity index (χ0n) is 20.1. The van der Waals surface area contributed by atoms with Crippen molar-refractivity contribution in [3.63, 3.8) is 0 Å². The maximum Gasteiger partial charge on any atom is 0.326 e. The minimum atomic E-state index is -0.610. The van der Waals surface area contributed by atoms with E-state index in [9.17, 15) is 19.4 Å². The molecule has 0 saturated carbocycles. The SMILES string of the molecule is O=NCc1cccc(CNC(=O)N(Cc2cccc(CNO)c2)C(=O)NCc2cccc(CN=O)c2)c1. The molecule has 0 radical (unpaired) electrons. The average molecular weight is 505 g/mol. The fraction of sp³-hybridized carbons (Fsp3) is 0.231. The van der Waals surface area contributed by atoms with Crippen LogP contribution >= 0.6 is 0 Å². The number of nitrogens with zero attached hydrogens (tertiary/aromatic N) is 3. The molecular formula is C26H28N6O5. The molecule has 11 heteroatoms. The summed E-state index contributed by atoms with van der Waals surface area (Å²) in [6, 6.07) is 20.1. The van der Waals surface area contributed by atoms with Crippen LogP contribution in [0.2, 0.25) is 0 Å². The third-order valence-electron chi connectivity index (χ3n) is 5.47. The predicted molar refractivity (Wildman–Crippen MR) is 137 cm³/mol. The standard InChI is InChI=1S/C26H28N6O5/c33-25(27-13-19-4-1-6-21(10-19)15-29-35)32(18-24-9-3-8-23(12-24)17-31-37)26(34)28-14-20-5-2-7-22(11-20)16-30-36/h1-12,31,37H,13-18H2,(H,27,33)(H,28,34). The van der Waals surface area contributed by atoms with Crippen molar-refractivity contribution in [2.24, 2.45) is 10.4 Å². The van der Waals surface area contributed by atoms with Gasteiger partial charge in [-0.05, 0) is 33.4 Å². The van der Waals surface area contributed by atoms with E-state index in [0.717, 1.165) is 32.7 Å². The van der Waals surface area contributed by atoms with Gasteiger partial charge in [-0.2, -0.15) is 9.81 Å². The van der Waals surface area contributed by atoms with E-state index in [1.165, 1.54) is 0 Å². The molecule has 4 N–H and O–H groups in total. The van der Waals surface area contributed by atoms with Gasteiger partial charge in [-0.1, -0.05) is 83.2 Å². The van der Waals surface area contributed by atoms with Crippen LogP contribution in [-0.4, -0.2) is 22.2 Å². The zero-order chi connectivity index (χ0) is 26.5. The molecule has 0 aromatic heterocycles. The van der Waals surface area contributed by atoms with Crippen LogP contribution in [-0.2, 0) is 39.3 Å². The molecule has 0 spiro atoms. The van der Waals surface area contributed by atoms with Crippen LogP contribution < -0.4 is 16.1 Å². The lowest BCUT2D eigenvalue weighted by Crippen LogP contribution is -2.47. The number of nitroso groups, excluding NO2 is 2. The summed E-state index contributed by atoms with van der Waals surface area (Å²) in [6.07, 6.45) is 0. The van der Waals surface area contributed by atoms with E-state index >= 15 is 0 Å². The molecule has 3 aromatic rings. The van der Waals surface area contributed by atoms with E-state index in [4.69, 9.17) is 5.21 Å². The number of carbonyl (C=O) groups excluding carboxylic acids is 2. The van der Waals surface area contributed by atoms with Crippen molar-refractivity contribution in [2.75, 3.05) is 0 Å². The molecule has 0 atom stereocenters. The molecule has 0 aliphatic rings. The molecule has 0 aliphatic heterocycles. The van der Waals surface area contributed by atoms with Gasteiger partial charge in [-0.3, -0.25) is 0 Å². The highest BCUT2D eigenvalue weighted by molar-refractivity contribution is 5.93. The van der Waals surface area contributed by atoms with Crippen molar-refractivity contribution in [3.05, 3.63) is 116 Å². The minimum absolute atomic E-state index is 0.0128. The van der Waals surface area contributed by atoms with Gasteiger partial charge in [-0.25, -0.2) is 20.0 Å². The van der Waals surface area contributed by atoms with Crippen molar-refractivity contribution >= 4 is 12.1 Å². The number of rotatable bonds is 12. The normalized spacial score (nSPS) is 10.4. The number of carbonyl (C=O) groups is 2. The average Bonchev–Trinajstić information content (AvgIpc) is 2.90. The van der Waals surface area contributed by atoms with E-state index in [-0.39, 0.29) is 39.3 Å². The summed E-state index contributed by atoms with van der Waals surface area (Å²) in [6.45, 7) is 0.541. The van der Waals surface area contributed by atoms with Crippen molar-refractivity contribution in [1.29, 1.82) is 0 Å². The number of benzene rings is 3. The van der Waals surface area contributed by atoms with Gasteiger partial charge < -0.3 is 15.8 Å². The van der Waals surface area contributed by atoms with Crippen LogP contribution in [0.5, 0.6) is 0 Å². The number of imide groups is 1. The first-order valence-electron chi connectivity index (χ1n) is 11.5. The molecule has 192 valence electrons. The number of hydroxylamine groups is 1. The Labute approximate surface area is 213 Å². The molecule has 0 heterocycles. The van der Waals surface area contributed by atoms with E-state index < -0.39 is 12.1 Å². The van der Waals surface area contributed by atoms with Crippen LogP contribution in [0.15, 0.2) is 83.2 Å². The Bertz CT molecular complexity index is 1170. The fourth-order valence-electron chi connectivity index (χ4n) is 3.72. The second kappa shape index (κ2) is 14.2. The van der Waals surface area contributed by atoms with Crippen molar-refractivity contribution < 1.29 is 14.8 Å².